The molecule has 0 saturated carbocycles. The number of anilines is 1. The van der Waals surface area contributed by atoms with Crippen LogP contribution in [-0.4, -0.2) is 28.9 Å². The van der Waals surface area contributed by atoms with Crippen molar-refractivity contribution in [3.63, 3.8) is 0 Å². The first-order valence-electron chi connectivity index (χ1n) is 13.0. The SMILES string of the molecule is Cc1cnc(NC(c2ccccc2)(c2ccccc2)c2ccccc2)c(C(=N)B2OC(C)(C)C(C)(C)O2)c1. The summed E-state index contributed by atoms with van der Waals surface area (Å²) in [6.07, 6.45) is 1.83. The van der Waals surface area contributed by atoms with Gasteiger partial charge in [0.2, 0.25) is 0 Å². The molecule has 192 valence electrons. The van der Waals surface area contributed by atoms with Crippen molar-refractivity contribution in [3.8, 4) is 0 Å². The average Bonchev–Trinajstić information content (AvgIpc) is 3.15. The molecule has 0 amide bonds. The Kier molecular flexibility index (Phi) is 6.72. The fraction of sp³-hybridized carbons (Fsp3) is 0.250. The molecule has 1 fully saturated rings. The molecular formula is C32H34BN3O2. The highest BCUT2D eigenvalue weighted by Crippen LogP contribution is 2.42. The molecule has 0 radical (unpaired) electrons. The van der Waals surface area contributed by atoms with Crippen LogP contribution in [0, 0.1) is 12.3 Å². The van der Waals surface area contributed by atoms with Crippen molar-refractivity contribution in [1.82, 2.24) is 4.98 Å². The molecule has 4 aromatic rings. The summed E-state index contributed by atoms with van der Waals surface area (Å²) in [5.41, 5.74) is 3.18. The number of pyridine rings is 1. The maximum absolute atomic E-state index is 9.21. The number of nitrogens with one attached hydrogen (secondary N) is 2. The van der Waals surface area contributed by atoms with Crippen molar-refractivity contribution < 1.29 is 9.31 Å². The molecule has 0 unspecified atom stereocenters. The minimum absolute atomic E-state index is 0.241. The van der Waals surface area contributed by atoms with E-state index in [2.05, 4.69) is 41.7 Å². The van der Waals surface area contributed by atoms with Gasteiger partial charge >= 0.3 is 7.12 Å². The van der Waals surface area contributed by atoms with Crippen LogP contribution >= 0.6 is 0 Å². The van der Waals surface area contributed by atoms with E-state index in [9.17, 15) is 5.41 Å². The molecule has 0 spiro atoms. The zero-order valence-corrected chi connectivity index (χ0v) is 22.7. The Morgan fingerprint density at radius 2 is 1.18 bits per heavy atom. The molecule has 3 aromatic carbocycles. The maximum atomic E-state index is 9.21. The van der Waals surface area contributed by atoms with Crippen molar-refractivity contribution in [2.45, 2.75) is 51.4 Å². The van der Waals surface area contributed by atoms with E-state index in [0.29, 0.717) is 11.4 Å². The van der Waals surface area contributed by atoms with Crippen LogP contribution < -0.4 is 5.32 Å². The summed E-state index contributed by atoms with van der Waals surface area (Å²) >= 11 is 0. The topological polar surface area (TPSA) is 67.2 Å². The Morgan fingerprint density at radius 3 is 1.61 bits per heavy atom. The third kappa shape index (κ3) is 4.55. The van der Waals surface area contributed by atoms with Crippen LogP contribution in [0.5, 0.6) is 0 Å². The van der Waals surface area contributed by atoms with Crippen LogP contribution in [0.3, 0.4) is 0 Å². The van der Waals surface area contributed by atoms with E-state index in [4.69, 9.17) is 14.3 Å². The van der Waals surface area contributed by atoms with Crippen LogP contribution in [0.2, 0.25) is 0 Å². The summed E-state index contributed by atoms with van der Waals surface area (Å²) in [5, 5.41) is 13.0. The molecule has 5 nitrogen and oxygen atoms in total. The quantitative estimate of drug-likeness (QED) is 0.166. The van der Waals surface area contributed by atoms with Crippen molar-refractivity contribution in [1.29, 1.82) is 5.41 Å². The number of rotatable bonds is 7. The monoisotopic (exact) mass is 503 g/mol. The molecule has 0 aliphatic carbocycles. The van der Waals surface area contributed by atoms with E-state index in [1.807, 2.05) is 101 Å². The van der Waals surface area contributed by atoms with Crippen molar-refractivity contribution >= 4 is 18.5 Å². The van der Waals surface area contributed by atoms with Crippen molar-refractivity contribution in [2.75, 3.05) is 5.32 Å². The molecule has 6 heteroatoms. The lowest BCUT2D eigenvalue weighted by Gasteiger charge is -2.38. The first kappa shape index (κ1) is 25.9. The van der Waals surface area contributed by atoms with Gasteiger partial charge in [-0.2, -0.15) is 0 Å². The van der Waals surface area contributed by atoms with E-state index in [-0.39, 0.29) is 5.61 Å². The van der Waals surface area contributed by atoms with Crippen LogP contribution in [0.25, 0.3) is 0 Å². The Morgan fingerprint density at radius 1 is 0.763 bits per heavy atom. The molecule has 1 aromatic heterocycles. The van der Waals surface area contributed by atoms with Crippen LogP contribution in [0.4, 0.5) is 5.82 Å². The van der Waals surface area contributed by atoms with Gasteiger partial charge in [0, 0.05) is 11.8 Å². The third-order valence-electron chi connectivity index (χ3n) is 7.73. The lowest BCUT2D eigenvalue weighted by atomic mass is 9.75. The fourth-order valence-corrected chi connectivity index (χ4v) is 4.92. The number of hydrogen-bond donors (Lipinski definition) is 2. The number of nitrogens with zero attached hydrogens (tertiary/aromatic N) is 1. The molecule has 0 bridgehead atoms. The Bertz CT molecular complexity index is 1310. The second-order valence-corrected chi connectivity index (χ2v) is 10.9. The highest BCUT2D eigenvalue weighted by molar-refractivity contribution is 6.85. The smallest absolute Gasteiger partial charge is 0.398 e. The van der Waals surface area contributed by atoms with Gasteiger partial charge in [-0.05, 0) is 62.9 Å². The van der Waals surface area contributed by atoms with Gasteiger partial charge < -0.3 is 20.0 Å². The third-order valence-corrected chi connectivity index (χ3v) is 7.73. The predicted molar refractivity (Wildman–Crippen MR) is 155 cm³/mol. The van der Waals surface area contributed by atoms with E-state index < -0.39 is 23.9 Å². The number of aromatic nitrogens is 1. The predicted octanol–water partition coefficient (Wildman–Crippen LogP) is 6.79. The van der Waals surface area contributed by atoms with E-state index in [1.165, 1.54) is 0 Å². The van der Waals surface area contributed by atoms with Gasteiger partial charge in [0.1, 0.15) is 11.4 Å². The van der Waals surface area contributed by atoms with Gasteiger partial charge in [0.25, 0.3) is 0 Å². The normalized spacial score (nSPS) is 16.3. The van der Waals surface area contributed by atoms with E-state index in [0.717, 1.165) is 22.3 Å². The molecule has 1 aliphatic heterocycles. The van der Waals surface area contributed by atoms with Crippen LogP contribution in [-0.2, 0) is 14.8 Å². The summed E-state index contributed by atoms with van der Waals surface area (Å²) in [6.45, 7) is 9.98. The summed E-state index contributed by atoms with van der Waals surface area (Å²) in [6, 6.07) is 33.1. The zero-order chi connectivity index (χ0) is 27.0. The Hall–Kier alpha value is -3.74. The first-order valence-corrected chi connectivity index (χ1v) is 13.0. The number of aryl methyl sites for hydroxylation is 1. The van der Waals surface area contributed by atoms with Gasteiger partial charge in [-0.15, -0.1) is 0 Å². The van der Waals surface area contributed by atoms with E-state index in [1.54, 1.807) is 0 Å². The molecule has 1 aliphatic rings. The maximum Gasteiger partial charge on any atom is 0.514 e. The largest absolute Gasteiger partial charge is 0.514 e. The lowest BCUT2D eigenvalue weighted by molar-refractivity contribution is 0.00578. The lowest BCUT2D eigenvalue weighted by Crippen LogP contribution is -2.41. The molecule has 5 rings (SSSR count). The standard InChI is InChI=1S/C32H34BN3O2/c1-23-21-27(28(34)33-37-30(2,3)31(4,5)38-33)29(35-22-23)36-32(24-15-9-6-10-16-24,25-17-11-7-12-18-25)26-19-13-8-14-20-26/h6-22,34H,1-5H3,(H,35,36). The Balaban J connectivity index is 1.69. The van der Waals surface area contributed by atoms with Crippen molar-refractivity contribution in [2.24, 2.45) is 0 Å². The number of benzene rings is 3. The molecule has 1 saturated heterocycles. The molecule has 2 heterocycles. The van der Waals surface area contributed by atoms with Crippen LogP contribution in [0.15, 0.2) is 103 Å². The van der Waals surface area contributed by atoms with Crippen molar-refractivity contribution in [3.05, 3.63) is 131 Å². The Labute approximate surface area is 225 Å². The minimum Gasteiger partial charge on any atom is -0.398 e. The van der Waals surface area contributed by atoms with Gasteiger partial charge in [-0.25, -0.2) is 4.98 Å². The highest BCUT2D eigenvalue weighted by Gasteiger charge is 2.53. The first-order chi connectivity index (χ1) is 18.1. The highest BCUT2D eigenvalue weighted by atomic mass is 16.7. The van der Waals surface area contributed by atoms with E-state index >= 15 is 0 Å². The summed E-state index contributed by atoms with van der Waals surface area (Å²) in [4.78, 5) is 4.84. The summed E-state index contributed by atoms with van der Waals surface area (Å²) in [5.74, 6) is 0.590. The van der Waals surface area contributed by atoms with Gasteiger partial charge in [0.15, 0.2) is 0 Å². The zero-order valence-electron chi connectivity index (χ0n) is 22.7. The van der Waals surface area contributed by atoms with Gasteiger partial charge in [0.05, 0.1) is 16.8 Å². The summed E-state index contributed by atoms with van der Waals surface area (Å²) in [7, 11) is -0.802. The second-order valence-electron chi connectivity index (χ2n) is 10.9. The second kappa shape index (κ2) is 9.86. The molecule has 38 heavy (non-hydrogen) atoms. The summed E-state index contributed by atoms with van der Waals surface area (Å²) < 4.78 is 12.5. The molecular weight excluding hydrogens is 469 g/mol. The van der Waals surface area contributed by atoms with Crippen LogP contribution in [0.1, 0.15) is 55.5 Å². The number of hydrogen-bond acceptors (Lipinski definition) is 5. The molecule has 2 N–H and O–H groups in total. The average molecular weight is 503 g/mol. The fourth-order valence-electron chi connectivity index (χ4n) is 4.92. The van der Waals surface area contributed by atoms with Gasteiger partial charge in [-0.1, -0.05) is 91.0 Å². The van der Waals surface area contributed by atoms with Gasteiger partial charge in [-0.3, -0.25) is 0 Å². The minimum atomic E-state index is -0.802. The molecule has 0 atom stereocenters.